The highest BCUT2D eigenvalue weighted by atomic mass is 16.8. The predicted molar refractivity (Wildman–Crippen MR) is 245 cm³/mol. The number of fused-ring (bicyclic) bond motifs is 7. The average molecular weight is 1070 g/mol. The van der Waals surface area contributed by atoms with E-state index in [1.807, 2.05) is 0 Å². The van der Waals surface area contributed by atoms with Crippen LogP contribution in [0.2, 0.25) is 0 Å². The highest BCUT2D eigenvalue weighted by molar-refractivity contribution is 5.17. The van der Waals surface area contributed by atoms with Crippen molar-refractivity contribution >= 4 is 0 Å². The molecule has 10 rings (SSSR count). The first-order chi connectivity index (χ1) is 35.1. The number of hydrogen-bond donors (Lipinski definition) is 14. The molecule has 0 aromatic rings. The molecule has 4 saturated carbocycles. The van der Waals surface area contributed by atoms with Gasteiger partial charge in [0, 0.05) is 12.3 Å². The maximum atomic E-state index is 12.1. The van der Waals surface area contributed by atoms with Crippen molar-refractivity contribution in [2.75, 3.05) is 33.0 Å². The molecule has 74 heavy (non-hydrogen) atoms. The summed E-state index contributed by atoms with van der Waals surface area (Å²) < 4.78 is 60.9. The van der Waals surface area contributed by atoms with Crippen molar-refractivity contribution in [1.82, 2.24) is 0 Å². The minimum atomic E-state index is -2.04. The van der Waals surface area contributed by atoms with Crippen LogP contribution in [0.5, 0.6) is 0 Å². The molecule has 1 spiro atoms. The van der Waals surface area contributed by atoms with E-state index in [4.69, 9.17) is 47.4 Å². The first kappa shape index (κ1) is 56.3. The molecular weight excluding hydrogens is 985 g/mol. The highest BCUT2D eigenvalue weighted by Gasteiger charge is 2.70. The summed E-state index contributed by atoms with van der Waals surface area (Å²) in [5, 5.41) is 153. The Hall–Kier alpha value is -0.960. The highest BCUT2D eigenvalue weighted by Crippen LogP contribution is 2.71. The zero-order valence-corrected chi connectivity index (χ0v) is 42.4. The molecule has 6 saturated heterocycles. The number of hydrogen-bond acceptors (Lipinski definition) is 24. The van der Waals surface area contributed by atoms with Gasteiger partial charge in [0.1, 0.15) is 91.6 Å². The monoisotopic (exact) mass is 1070 g/mol. The van der Waals surface area contributed by atoms with Crippen molar-refractivity contribution in [3.63, 3.8) is 0 Å². The van der Waals surface area contributed by atoms with E-state index in [9.17, 15) is 71.5 Å². The van der Waals surface area contributed by atoms with Gasteiger partial charge in [0.15, 0.2) is 30.9 Å². The van der Waals surface area contributed by atoms with Crippen LogP contribution in [0.3, 0.4) is 0 Å². The molecular formula is C50H82O24. The Morgan fingerprint density at radius 3 is 1.81 bits per heavy atom. The lowest BCUT2D eigenvalue weighted by Gasteiger charge is -2.63. The van der Waals surface area contributed by atoms with Gasteiger partial charge in [-0.05, 0) is 91.3 Å². The minimum absolute atomic E-state index is 0.00497. The van der Waals surface area contributed by atoms with Crippen LogP contribution >= 0.6 is 0 Å². The van der Waals surface area contributed by atoms with Gasteiger partial charge in [0.2, 0.25) is 0 Å². The molecule has 0 aromatic heterocycles. The Morgan fingerprint density at radius 2 is 1.12 bits per heavy atom. The first-order valence-electron chi connectivity index (χ1n) is 26.9. The first-order valence-corrected chi connectivity index (χ1v) is 26.9. The minimum Gasteiger partial charge on any atom is -0.394 e. The fraction of sp³-hybridized carbons (Fsp3) is 1.00. The van der Waals surface area contributed by atoms with E-state index in [0.717, 1.165) is 32.1 Å². The zero-order valence-electron chi connectivity index (χ0n) is 42.4. The quantitative estimate of drug-likeness (QED) is 0.0870. The number of rotatable bonds is 11. The molecule has 10 fully saturated rings. The third kappa shape index (κ3) is 9.45. The van der Waals surface area contributed by atoms with Gasteiger partial charge in [0.25, 0.3) is 0 Å². The summed E-state index contributed by atoms with van der Waals surface area (Å²) in [5.41, 5.74) is -0.460. The van der Waals surface area contributed by atoms with E-state index in [1.165, 1.54) is 0 Å². The van der Waals surface area contributed by atoms with Crippen LogP contribution in [-0.2, 0) is 47.4 Å². The molecule has 6 aliphatic heterocycles. The second-order valence-corrected chi connectivity index (χ2v) is 24.2. The van der Waals surface area contributed by atoms with Crippen LogP contribution in [0.15, 0.2) is 0 Å². The van der Waals surface area contributed by atoms with E-state index in [2.05, 4.69) is 27.7 Å². The molecule has 14 N–H and O–H groups in total. The van der Waals surface area contributed by atoms with Crippen LogP contribution < -0.4 is 0 Å². The van der Waals surface area contributed by atoms with E-state index < -0.39 is 173 Å². The normalized spacial score (nSPS) is 58.6. The molecule has 33 atom stereocenters. The molecule has 0 amide bonds. The van der Waals surface area contributed by atoms with Crippen LogP contribution in [0.1, 0.15) is 79.1 Å². The van der Waals surface area contributed by atoms with Crippen molar-refractivity contribution in [3.05, 3.63) is 0 Å². The summed E-state index contributed by atoms with van der Waals surface area (Å²) in [4.78, 5) is 0. The number of aliphatic hydroxyl groups excluding tert-OH is 14. The summed E-state index contributed by atoms with van der Waals surface area (Å²) in [6.07, 6.45) is -31.1. The topological polar surface area (TPSA) is 376 Å². The Labute approximate surface area is 429 Å². The van der Waals surface area contributed by atoms with Gasteiger partial charge in [-0.15, -0.1) is 0 Å². The molecule has 10 aliphatic rings. The van der Waals surface area contributed by atoms with Gasteiger partial charge in [-0.1, -0.05) is 27.7 Å². The summed E-state index contributed by atoms with van der Waals surface area (Å²) in [7, 11) is 0. The van der Waals surface area contributed by atoms with Crippen LogP contribution in [-0.4, -0.2) is 251 Å². The summed E-state index contributed by atoms with van der Waals surface area (Å²) in [6, 6.07) is 0. The number of ether oxygens (including phenoxy) is 10. The van der Waals surface area contributed by atoms with Gasteiger partial charge in [-0.25, -0.2) is 0 Å². The van der Waals surface area contributed by atoms with E-state index in [-0.39, 0.29) is 48.0 Å². The molecule has 0 aromatic carbocycles. The summed E-state index contributed by atoms with van der Waals surface area (Å²) in [5.74, 6) is 0.989. The maximum absolute atomic E-state index is 12.1. The third-order valence-electron chi connectivity index (χ3n) is 20.0. The maximum Gasteiger partial charge on any atom is 0.187 e. The molecule has 24 nitrogen and oxygen atoms in total. The standard InChI is InChI=1S/C50H82O24/c1-18-5-8-50(66-16-18)19(2)32-28(74-50)10-22-20-9-24(54)23-11-27(25(55)12-49(23,4)21(20)6-7-48(22,32)3)67-45-40(64)37(61)41(31(15-53)70-45)71-47-43(73-46-39(63)36(60)34(58)29(13-51)68-46)42(35(59)30(14-52)69-47)72-44-38(62)33(57)26(56)17-65-44/h18-47,51-64H,5-17H2,1-4H3/t18?,19-,20?,21?,22?,23+,24?,25+,26?,27?,28?,29?,30?,31?,32?,33?,34?,35?,36?,37?,38?,39?,40?,41?,42?,43?,44?,45?,46?,47?,48-,49+,50+/m0/s1. The van der Waals surface area contributed by atoms with Crippen molar-refractivity contribution in [3.8, 4) is 0 Å². The Bertz CT molecular complexity index is 1900. The fourth-order valence-corrected chi connectivity index (χ4v) is 16.0. The molecule has 4 aliphatic carbocycles. The smallest absolute Gasteiger partial charge is 0.187 e. The Morgan fingerprint density at radius 1 is 0.500 bits per heavy atom. The molecule has 6 heterocycles. The molecule has 0 bridgehead atoms. The Balaban J connectivity index is 0.834. The second-order valence-electron chi connectivity index (χ2n) is 24.2. The van der Waals surface area contributed by atoms with Crippen LogP contribution in [0.4, 0.5) is 0 Å². The van der Waals surface area contributed by atoms with Crippen molar-refractivity contribution in [1.29, 1.82) is 0 Å². The fourth-order valence-electron chi connectivity index (χ4n) is 16.0. The molecule has 24 heteroatoms. The van der Waals surface area contributed by atoms with Gasteiger partial charge in [-0.3, -0.25) is 0 Å². The van der Waals surface area contributed by atoms with E-state index in [1.54, 1.807) is 0 Å². The van der Waals surface area contributed by atoms with Gasteiger partial charge >= 0.3 is 0 Å². The summed E-state index contributed by atoms with van der Waals surface area (Å²) in [6.45, 7) is 6.60. The lowest BCUT2D eigenvalue weighted by molar-refractivity contribution is -0.404. The molecule has 27 unspecified atom stereocenters. The molecule has 426 valence electrons. The van der Waals surface area contributed by atoms with E-state index in [0.29, 0.717) is 30.8 Å². The average Bonchev–Trinajstić information content (AvgIpc) is 3.82. The number of aliphatic hydroxyl groups is 14. The van der Waals surface area contributed by atoms with Gasteiger partial charge < -0.3 is 119 Å². The largest absolute Gasteiger partial charge is 0.394 e. The van der Waals surface area contributed by atoms with Crippen molar-refractivity contribution < 1.29 is 119 Å². The van der Waals surface area contributed by atoms with Gasteiger partial charge in [-0.2, -0.15) is 0 Å². The predicted octanol–water partition coefficient (Wildman–Crippen LogP) is -4.33. The SMILES string of the molecule is CC1CC[C@@]2(OC1)OC1CC3C4CC(O)[C@H]5CC(OC6OC(CO)C(OC7OC(CO)C(O)C(OC8OCC(O)C(O)C8O)C7OC7OC(CO)C(O)C(O)C7O)C(O)C6O)[C@H](O)C[C@]5(C)C4CC[C@]3(C)C1[C@@H]2C. The Kier molecular flexibility index (Phi) is 16.4. The van der Waals surface area contributed by atoms with Crippen molar-refractivity contribution in [2.45, 2.75) is 226 Å². The van der Waals surface area contributed by atoms with E-state index >= 15 is 0 Å². The molecule has 0 radical (unpaired) electrons. The van der Waals surface area contributed by atoms with Crippen molar-refractivity contribution in [2.24, 2.45) is 52.3 Å². The van der Waals surface area contributed by atoms with Crippen LogP contribution in [0.25, 0.3) is 0 Å². The van der Waals surface area contributed by atoms with Gasteiger partial charge in [0.05, 0.1) is 57.5 Å². The second kappa shape index (κ2) is 21.5. The zero-order chi connectivity index (χ0) is 53.1. The lowest BCUT2D eigenvalue weighted by Crippen LogP contribution is -2.68. The van der Waals surface area contributed by atoms with Crippen LogP contribution in [0, 0.1) is 52.3 Å². The third-order valence-corrected chi connectivity index (χ3v) is 20.0. The lowest BCUT2D eigenvalue weighted by atomic mass is 9.43. The summed E-state index contributed by atoms with van der Waals surface area (Å²) >= 11 is 0.